The van der Waals surface area contributed by atoms with E-state index in [1.807, 2.05) is 32.9 Å². The van der Waals surface area contributed by atoms with Crippen LogP contribution in [0.4, 0.5) is 0 Å². The smallest absolute Gasteiger partial charge is 0.171 e. The lowest BCUT2D eigenvalue weighted by atomic mass is 9.42. The summed E-state index contributed by atoms with van der Waals surface area (Å²) < 4.78 is 0. The molecule has 32 heavy (non-hydrogen) atoms. The van der Waals surface area contributed by atoms with E-state index in [0.29, 0.717) is 17.7 Å². The van der Waals surface area contributed by atoms with E-state index < -0.39 is 38.9 Å². The highest BCUT2D eigenvalue weighted by Crippen LogP contribution is 2.71. The Labute approximate surface area is 194 Å². The Balaban J connectivity index is 2.09. The van der Waals surface area contributed by atoms with Gasteiger partial charge in [-0.25, -0.2) is 0 Å². The fourth-order valence-corrected chi connectivity index (χ4v) is 7.95. The van der Waals surface area contributed by atoms with Crippen LogP contribution in [0.2, 0.25) is 0 Å². The molecule has 5 nitrogen and oxygen atoms in total. The lowest BCUT2D eigenvalue weighted by Crippen LogP contribution is -2.76. The van der Waals surface area contributed by atoms with Gasteiger partial charge >= 0.3 is 0 Å². The van der Waals surface area contributed by atoms with Crippen LogP contribution in [0.15, 0.2) is 30.9 Å². The largest absolute Gasteiger partial charge is 0.654 e. The average molecular weight is 456 g/mol. The molecule has 0 aliphatic heterocycles. The summed E-state index contributed by atoms with van der Waals surface area (Å²) in [6.07, 6.45) is 0.612. The van der Waals surface area contributed by atoms with Gasteiger partial charge in [0.2, 0.25) is 0 Å². The number of rotatable bonds is 2. The average Bonchev–Trinajstić information content (AvgIpc) is 3.14. The van der Waals surface area contributed by atoms with Crippen molar-refractivity contribution >= 4 is 28.3 Å². The number of halogens is 1. The Hall–Kier alpha value is -1.66. The molecule has 2 aromatic rings. The van der Waals surface area contributed by atoms with E-state index in [1.54, 1.807) is 13.1 Å². The van der Waals surface area contributed by atoms with Crippen molar-refractivity contribution in [3.63, 3.8) is 0 Å². The first-order valence-electron chi connectivity index (χ1n) is 11.3. The number of Topliss-reactive ketones (excluding diaryl/α,β-unsaturated/α-hetero) is 1. The van der Waals surface area contributed by atoms with E-state index in [1.165, 1.54) is 0 Å². The zero-order valence-electron chi connectivity index (χ0n) is 19.6. The monoisotopic (exact) mass is 455 g/mol. The number of H-pyrrole nitrogens is 1. The van der Waals surface area contributed by atoms with Crippen molar-refractivity contribution in [1.82, 2.24) is 4.98 Å². The molecule has 172 valence electrons. The number of hydrogen-bond donors (Lipinski definition) is 3. The van der Waals surface area contributed by atoms with Gasteiger partial charge in [-0.3, -0.25) is 4.79 Å². The van der Waals surface area contributed by atoms with E-state index in [-0.39, 0.29) is 11.7 Å². The topological polar surface area (TPSA) is 87.4 Å². The summed E-state index contributed by atoms with van der Waals surface area (Å²) in [7, 11) is 1.58. The molecule has 1 fully saturated rings. The van der Waals surface area contributed by atoms with E-state index >= 15 is 0 Å². The van der Waals surface area contributed by atoms with E-state index in [4.69, 9.17) is 16.9 Å². The molecular weight excluding hydrogens is 424 g/mol. The predicted octanol–water partition coefficient (Wildman–Crippen LogP) is 4.43. The van der Waals surface area contributed by atoms with Crippen molar-refractivity contribution in [1.29, 1.82) is 0 Å². The number of benzene rings is 1. The molecule has 6 heteroatoms. The summed E-state index contributed by atoms with van der Waals surface area (Å²) in [6, 6.07) is 6.09. The maximum Gasteiger partial charge on any atom is 0.171 e. The summed E-state index contributed by atoms with van der Waals surface area (Å²) >= 11 is 7.06. The van der Waals surface area contributed by atoms with Gasteiger partial charge in [-0.05, 0) is 48.3 Å². The van der Waals surface area contributed by atoms with Crippen LogP contribution in [-0.2, 0) is 21.2 Å². The summed E-state index contributed by atoms with van der Waals surface area (Å²) in [5.41, 5.74) is -2.49. The standard InChI is InChI=1S/C26H32ClN2O3/c1-8-24(6)16(27)12-15-22(2,3)13-10-9-11-14-17(13)18-19(29-14)23(4,5)20(30)21(31)26(24,28-7)25(15,18)32/h8-11,15-16,21,29,31-32H,1,12H2,2-7H3/q-1/t15-,16-,21-,24+,25-,26+/m1/s1. The van der Waals surface area contributed by atoms with Crippen LogP contribution in [-0.4, -0.2) is 45.0 Å². The number of aliphatic hydroxyl groups excluding tert-OH is 1. The van der Waals surface area contributed by atoms with Gasteiger partial charge in [0.05, 0.1) is 11.0 Å². The molecule has 5 rings (SSSR count). The number of aliphatic hydroxyl groups is 2. The van der Waals surface area contributed by atoms with E-state index in [2.05, 4.69) is 31.5 Å². The number of carbonyl (C=O) groups is 1. The van der Waals surface area contributed by atoms with Crippen LogP contribution in [0.1, 0.15) is 57.9 Å². The number of nitrogens with one attached hydrogen (secondary N) is 1. The first-order valence-corrected chi connectivity index (χ1v) is 11.7. The van der Waals surface area contributed by atoms with E-state index in [0.717, 1.165) is 16.5 Å². The SMILES string of the molecule is C=C[C@@]1(C)[C@H](Cl)C[C@@H]2C(C)(C)c3cccc4[nH]c5c(c34)[C@@]2(O)[C@]1([N-]C)[C@H](O)C(=O)C5(C)C. The molecular formula is C26H32ClN2O3-. The first kappa shape index (κ1) is 22.1. The number of nitrogens with zero attached hydrogens (tertiary/aromatic N) is 1. The van der Waals surface area contributed by atoms with Crippen molar-refractivity contribution in [2.75, 3.05) is 7.05 Å². The van der Waals surface area contributed by atoms with Crippen molar-refractivity contribution < 1.29 is 15.0 Å². The second-order valence-electron chi connectivity index (χ2n) is 11.2. The zero-order valence-corrected chi connectivity index (χ0v) is 20.3. The summed E-state index contributed by atoms with van der Waals surface area (Å²) in [4.78, 5) is 17.4. The summed E-state index contributed by atoms with van der Waals surface area (Å²) in [6.45, 7) is 13.8. The highest BCUT2D eigenvalue weighted by Gasteiger charge is 2.73. The minimum absolute atomic E-state index is 0.377. The Morgan fingerprint density at radius 1 is 1.25 bits per heavy atom. The minimum Gasteiger partial charge on any atom is -0.654 e. The third-order valence-electron chi connectivity index (χ3n) is 9.43. The van der Waals surface area contributed by atoms with Crippen molar-refractivity contribution in [3.05, 3.63) is 53.0 Å². The molecule has 1 saturated carbocycles. The maximum absolute atomic E-state index is 13.9. The van der Waals surface area contributed by atoms with Gasteiger partial charge in [0, 0.05) is 33.5 Å². The third-order valence-corrected chi connectivity index (χ3v) is 10.1. The minimum atomic E-state index is -1.63. The highest BCUT2D eigenvalue weighted by molar-refractivity contribution is 6.21. The Morgan fingerprint density at radius 3 is 2.50 bits per heavy atom. The highest BCUT2D eigenvalue weighted by atomic mass is 35.5. The third kappa shape index (κ3) is 1.95. The number of carbonyl (C=O) groups excluding carboxylic acids is 1. The van der Waals surface area contributed by atoms with Gasteiger partial charge < -0.3 is 20.5 Å². The summed E-state index contributed by atoms with van der Waals surface area (Å²) in [5.74, 6) is -0.760. The molecule has 0 saturated heterocycles. The number of ketones is 1. The van der Waals surface area contributed by atoms with Gasteiger partial charge in [0.1, 0.15) is 6.10 Å². The van der Waals surface area contributed by atoms with E-state index in [9.17, 15) is 15.0 Å². The molecule has 0 spiro atoms. The maximum atomic E-state index is 13.9. The summed E-state index contributed by atoms with van der Waals surface area (Å²) in [5, 5.41) is 30.1. The van der Waals surface area contributed by atoms with Crippen molar-refractivity contribution in [3.8, 4) is 0 Å². The molecule has 0 amide bonds. The predicted molar refractivity (Wildman–Crippen MR) is 127 cm³/mol. The van der Waals surface area contributed by atoms with Crippen molar-refractivity contribution in [2.45, 2.75) is 74.5 Å². The molecule has 3 aliphatic rings. The number of hydrogen-bond acceptors (Lipinski definition) is 3. The quantitative estimate of drug-likeness (QED) is 0.462. The lowest BCUT2D eigenvalue weighted by Gasteiger charge is -2.73. The second-order valence-corrected chi connectivity index (χ2v) is 11.7. The Bertz CT molecular complexity index is 1180. The van der Waals surface area contributed by atoms with Gasteiger partial charge in [0.15, 0.2) is 5.78 Å². The van der Waals surface area contributed by atoms with Crippen LogP contribution < -0.4 is 0 Å². The van der Waals surface area contributed by atoms with Gasteiger partial charge in [-0.15, -0.1) is 18.2 Å². The van der Waals surface area contributed by atoms with Crippen LogP contribution in [0.5, 0.6) is 0 Å². The first-order chi connectivity index (χ1) is 14.8. The molecule has 3 aliphatic carbocycles. The fourth-order valence-electron chi connectivity index (χ4n) is 7.52. The second kappa shape index (κ2) is 6.06. The van der Waals surface area contributed by atoms with Crippen LogP contribution >= 0.6 is 11.6 Å². The Morgan fingerprint density at radius 2 is 1.91 bits per heavy atom. The van der Waals surface area contributed by atoms with Crippen LogP contribution in [0.3, 0.4) is 0 Å². The fraction of sp³-hybridized carbons (Fsp3) is 0.577. The number of likely N-dealkylation sites (N-methyl/N-ethyl adjacent to an activating group) is 1. The van der Waals surface area contributed by atoms with Crippen LogP contribution in [0, 0.1) is 11.3 Å². The normalized spacial score (nSPS) is 41.4. The van der Waals surface area contributed by atoms with Gasteiger partial charge in [0.25, 0.3) is 0 Å². The van der Waals surface area contributed by atoms with Crippen molar-refractivity contribution in [2.24, 2.45) is 11.3 Å². The molecule has 1 heterocycles. The Kier molecular flexibility index (Phi) is 4.20. The molecule has 0 bridgehead atoms. The molecule has 0 unspecified atom stereocenters. The van der Waals surface area contributed by atoms with Crippen LogP contribution in [0.25, 0.3) is 16.2 Å². The molecule has 3 N–H and O–H groups in total. The van der Waals surface area contributed by atoms with Gasteiger partial charge in [-0.2, -0.15) is 7.05 Å². The lowest BCUT2D eigenvalue weighted by molar-refractivity contribution is -0.194. The zero-order chi connectivity index (χ0) is 23.6. The number of aromatic amines is 1. The molecule has 1 aromatic carbocycles. The molecule has 0 radical (unpaired) electrons. The number of aromatic nitrogens is 1. The molecule has 6 atom stereocenters. The number of alkyl halides is 1. The molecule has 1 aromatic heterocycles. The van der Waals surface area contributed by atoms with Gasteiger partial charge in [-0.1, -0.05) is 39.0 Å².